The first kappa shape index (κ1) is 26.8. The lowest BCUT2D eigenvalue weighted by molar-refractivity contribution is 0.101. The molecule has 0 saturated carbocycles. The molecule has 3 aromatic rings. The average Bonchev–Trinajstić information content (AvgIpc) is 2.85. The molecule has 0 heterocycles. The quantitative estimate of drug-likeness (QED) is 0.275. The number of carbonyl (C=O) groups excluding carboxylic acids is 2. The van der Waals surface area contributed by atoms with Gasteiger partial charge in [-0.05, 0) is 83.3 Å². The van der Waals surface area contributed by atoms with Crippen molar-refractivity contribution in [2.45, 2.75) is 65.2 Å². The number of hydrogen-bond acceptors (Lipinski definition) is 4. The highest BCUT2D eigenvalue weighted by Gasteiger charge is 2.23. The summed E-state index contributed by atoms with van der Waals surface area (Å²) in [5.74, 6) is -1.00. The van der Waals surface area contributed by atoms with Crippen LogP contribution in [0.4, 0.5) is 11.4 Å². The molecule has 3 aromatic carbocycles. The van der Waals surface area contributed by atoms with Crippen molar-refractivity contribution in [1.29, 1.82) is 0 Å². The Morgan fingerprint density at radius 1 is 0.639 bits per heavy atom. The first-order valence-electron chi connectivity index (χ1n) is 12.3. The van der Waals surface area contributed by atoms with Crippen molar-refractivity contribution >= 4 is 23.2 Å². The molecule has 0 bridgehead atoms. The summed E-state index contributed by atoms with van der Waals surface area (Å²) in [6, 6.07) is 16.9. The molecule has 0 aromatic heterocycles. The predicted octanol–water partition coefficient (Wildman–Crippen LogP) is 6.98. The number of hydrogen-bond donors (Lipinski definition) is 4. The number of amides is 2. The fourth-order valence-electron chi connectivity index (χ4n) is 3.72. The number of phenolic OH excluding ortho intramolecular Hbond substituents is 2. The second kappa shape index (κ2) is 10.4. The lowest BCUT2D eigenvalue weighted by Crippen LogP contribution is -2.18. The summed E-state index contributed by atoms with van der Waals surface area (Å²) in [5, 5.41) is 26.1. The van der Waals surface area contributed by atoms with E-state index in [1.807, 2.05) is 12.1 Å². The van der Waals surface area contributed by atoms with Gasteiger partial charge in [-0.2, -0.15) is 0 Å². The van der Waals surface area contributed by atoms with E-state index in [-0.39, 0.29) is 33.5 Å². The van der Waals surface area contributed by atoms with Crippen LogP contribution in [0.2, 0.25) is 0 Å². The molecule has 0 unspecified atom stereocenters. The van der Waals surface area contributed by atoms with Gasteiger partial charge in [0.15, 0.2) is 0 Å². The lowest BCUT2D eigenvalue weighted by Gasteiger charge is -2.24. The summed E-state index contributed by atoms with van der Waals surface area (Å²) >= 11 is 0. The number of carbonyl (C=O) groups is 2. The Hall–Kier alpha value is -3.80. The molecule has 0 spiro atoms. The number of rotatable bonds is 8. The lowest BCUT2D eigenvalue weighted by atomic mass is 9.81. The standard InChI is InChI=1S/C30H36N2O4/c1-7-29(3,4)19-9-15-25(33)23(17-19)27(35)31-21-11-13-22(14-12-21)32-28(36)24-18-20(10-16-26(24)34)30(5,6)8-2/h9-18,33-34H,7-8H2,1-6H3,(H,31,35)(H,32,36). The Labute approximate surface area is 213 Å². The third-order valence-electron chi connectivity index (χ3n) is 7.21. The van der Waals surface area contributed by atoms with Gasteiger partial charge in [0.2, 0.25) is 0 Å². The van der Waals surface area contributed by atoms with E-state index in [2.05, 4.69) is 52.2 Å². The van der Waals surface area contributed by atoms with Gasteiger partial charge in [-0.15, -0.1) is 0 Å². The minimum Gasteiger partial charge on any atom is -0.507 e. The van der Waals surface area contributed by atoms with Gasteiger partial charge in [0.05, 0.1) is 11.1 Å². The molecule has 4 N–H and O–H groups in total. The molecule has 0 radical (unpaired) electrons. The molecule has 3 rings (SSSR count). The molecule has 0 aliphatic carbocycles. The summed E-state index contributed by atoms with van der Waals surface area (Å²) in [6.45, 7) is 12.5. The van der Waals surface area contributed by atoms with Gasteiger partial charge in [-0.3, -0.25) is 9.59 Å². The zero-order chi connectivity index (χ0) is 26.7. The Morgan fingerprint density at radius 2 is 0.972 bits per heavy atom. The molecule has 0 aliphatic rings. The number of phenols is 2. The molecule has 0 aliphatic heterocycles. The first-order chi connectivity index (χ1) is 16.9. The van der Waals surface area contributed by atoms with Gasteiger partial charge in [-0.25, -0.2) is 0 Å². The smallest absolute Gasteiger partial charge is 0.259 e. The fraction of sp³-hybridized carbons (Fsp3) is 0.333. The van der Waals surface area contributed by atoms with Crippen LogP contribution in [-0.2, 0) is 10.8 Å². The highest BCUT2D eigenvalue weighted by atomic mass is 16.3. The molecule has 6 nitrogen and oxygen atoms in total. The van der Waals surface area contributed by atoms with Crippen LogP contribution < -0.4 is 10.6 Å². The second-order valence-corrected chi connectivity index (χ2v) is 10.4. The number of nitrogens with one attached hydrogen (secondary N) is 2. The molecule has 0 saturated heterocycles. The molecule has 6 heteroatoms. The van der Waals surface area contributed by atoms with E-state index in [0.29, 0.717) is 11.4 Å². The van der Waals surface area contributed by atoms with Crippen LogP contribution in [-0.4, -0.2) is 22.0 Å². The first-order valence-corrected chi connectivity index (χ1v) is 12.3. The van der Waals surface area contributed by atoms with Crippen molar-refractivity contribution in [2.75, 3.05) is 10.6 Å². The van der Waals surface area contributed by atoms with Crippen molar-refractivity contribution in [3.63, 3.8) is 0 Å². The van der Waals surface area contributed by atoms with Crippen LogP contribution in [0.5, 0.6) is 11.5 Å². The molecule has 0 atom stereocenters. The minimum atomic E-state index is -0.418. The maximum Gasteiger partial charge on any atom is 0.259 e. The van der Waals surface area contributed by atoms with Crippen LogP contribution in [0, 0.1) is 0 Å². The zero-order valence-corrected chi connectivity index (χ0v) is 21.9. The summed E-state index contributed by atoms with van der Waals surface area (Å²) in [5.41, 5.74) is 3.15. The SMILES string of the molecule is CCC(C)(C)c1ccc(O)c(C(=O)Nc2ccc(NC(=O)c3cc(C(C)(C)CC)ccc3O)cc2)c1. The van der Waals surface area contributed by atoms with E-state index in [0.717, 1.165) is 24.0 Å². The Morgan fingerprint density at radius 3 is 1.28 bits per heavy atom. The van der Waals surface area contributed by atoms with Gasteiger partial charge in [-0.1, -0.05) is 53.7 Å². The van der Waals surface area contributed by atoms with Crippen LogP contribution in [0.25, 0.3) is 0 Å². The number of benzene rings is 3. The average molecular weight is 489 g/mol. The van der Waals surface area contributed by atoms with E-state index in [1.165, 1.54) is 0 Å². The highest BCUT2D eigenvalue weighted by Crippen LogP contribution is 2.32. The maximum absolute atomic E-state index is 12.9. The van der Waals surface area contributed by atoms with Gasteiger partial charge in [0, 0.05) is 11.4 Å². The van der Waals surface area contributed by atoms with E-state index in [1.54, 1.807) is 48.5 Å². The molecular formula is C30H36N2O4. The van der Waals surface area contributed by atoms with E-state index in [9.17, 15) is 19.8 Å². The molecule has 2 amide bonds. The predicted molar refractivity (Wildman–Crippen MR) is 145 cm³/mol. The third-order valence-corrected chi connectivity index (χ3v) is 7.21. The van der Waals surface area contributed by atoms with E-state index in [4.69, 9.17) is 0 Å². The fourth-order valence-corrected chi connectivity index (χ4v) is 3.72. The number of anilines is 2. The maximum atomic E-state index is 12.9. The topological polar surface area (TPSA) is 98.7 Å². The Kier molecular flexibility index (Phi) is 7.77. The monoisotopic (exact) mass is 488 g/mol. The molecular weight excluding hydrogens is 452 g/mol. The van der Waals surface area contributed by atoms with Gasteiger partial charge >= 0.3 is 0 Å². The van der Waals surface area contributed by atoms with Crippen molar-refractivity contribution in [3.05, 3.63) is 82.9 Å². The van der Waals surface area contributed by atoms with E-state index >= 15 is 0 Å². The van der Waals surface area contributed by atoms with Gasteiger partial charge in [0.1, 0.15) is 11.5 Å². The number of aromatic hydroxyl groups is 2. The largest absolute Gasteiger partial charge is 0.507 e. The summed E-state index contributed by atoms with van der Waals surface area (Å²) in [4.78, 5) is 25.7. The van der Waals surface area contributed by atoms with Crippen LogP contribution in [0.15, 0.2) is 60.7 Å². The van der Waals surface area contributed by atoms with Crippen molar-refractivity contribution in [3.8, 4) is 11.5 Å². The Bertz CT molecular complexity index is 1160. The van der Waals surface area contributed by atoms with Crippen molar-refractivity contribution in [1.82, 2.24) is 0 Å². The summed E-state index contributed by atoms with van der Waals surface area (Å²) in [6.07, 6.45) is 1.79. The van der Waals surface area contributed by atoms with Crippen LogP contribution in [0.1, 0.15) is 86.2 Å². The van der Waals surface area contributed by atoms with Gasteiger partial charge in [0.25, 0.3) is 11.8 Å². The molecule has 0 fully saturated rings. The Balaban J connectivity index is 1.73. The normalized spacial score (nSPS) is 11.7. The van der Waals surface area contributed by atoms with Crippen LogP contribution >= 0.6 is 0 Å². The summed E-state index contributed by atoms with van der Waals surface area (Å²) in [7, 11) is 0. The summed E-state index contributed by atoms with van der Waals surface area (Å²) < 4.78 is 0. The second-order valence-electron chi connectivity index (χ2n) is 10.4. The van der Waals surface area contributed by atoms with Crippen LogP contribution in [0.3, 0.4) is 0 Å². The van der Waals surface area contributed by atoms with Gasteiger partial charge < -0.3 is 20.8 Å². The molecule has 36 heavy (non-hydrogen) atoms. The molecule has 190 valence electrons. The van der Waals surface area contributed by atoms with E-state index < -0.39 is 11.8 Å². The van der Waals surface area contributed by atoms with Crippen molar-refractivity contribution in [2.24, 2.45) is 0 Å². The van der Waals surface area contributed by atoms with Crippen molar-refractivity contribution < 1.29 is 19.8 Å². The zero-order valence-electron chi connectivity index (χ0n) is 21.9. The third kappa shape index (κ3) is 5.88. The highest BCUT2D eigenvalue weighted by molar-refractivity contribution is 6.07. The minimum absolute atomic E-state index is 0.0830.